The summed E-state index contributed by atoms with van der Waals surface area (Å²) in [6.45, 7) is 12.5. The van der Waals surface area contributed by atoms with Crippen molar-refractivity contribution in [2.45, 2.75) is 86.5 Å². The summed E-state index contributed by atoms with van der Waals surface area (Å²) in [5.74, 6) is 0.0958. The normalized spacial score (nSPS) is 11.6. The summed E-state index contributed by atoms with van der Waals surface area (Å²) < 4.78 is 5.82. The van der Waals surface area contributed by atoms with Gasteiger partial charge in [0.2, 0.25) is 0 Å². The summed E-state index contributed by atoms with van der Waals surface area (Å²) in [5, 5.41) is 0. The molecule has 0 aliphatic heterocycles. The number of nitrogens with zero attached hydrogens (tertiary/aromatic N) is 2. The topological polar surface area (TPSA) is 33.2 Å². The van der Waals surface area contributed by atoms with Gasteiger partial charge in [-0.3, -0.25) is 0 Å². The van der Waals surface area contributed by atoms with Gasteiger partial charge in [0.25, 0.3) is 0 Å². The van der Waals surface area contributed by atoms with Crippen molar-refractivity contribution in [3.63, 3.8) is 0 Å². The van der Waals surface area contributed by atoms with Gasteiger partial charge < -0.3 is 0 Å². The van der Waals surface area contributed by atoms with Crippen LogP contribution in [0.5, 0.6) is 0 Å². The summed E-state index contributed by atoms with van der Waals surface area (Å²) in [5.41, 5.74) is 0.664. The Morgan fingerprint density at radius 2 is 1.42 bits per heavy atom. The molecule has 1 heterocycles. The Kier molecular flexibility index (Phi) is 11.5. The summed E-state index contributed by atoms with van der Waals surface area (Å²) in [7, 11) is 0. The summed E-state index contributed by atoms with van der Waals surface area (Å²) in [6.07, 6.45) is 9.73. The van der Waals surface area contributed by atoms with Crippen LogP contribution in [0, 0.1) is 0 Å². The van der Waals surface area contributed by atoms with Gasteiger partial charge in [-0.05, 0) is 0 Å². The number of pyridine rings is 1. The molecule has 3 nitrogen and oxygen atoms in total. The number of hydrogen-bond acceptors (Lipinski definition) is 2. The van der Waals surface area contributed by atoms with Gasteiger partial charge in [-0.15, -0.1) is 0 Å². The van der Waals surface area contributed by atoms with Gasteiger partial charge in [-0.2, -0.15) is 0 Å². The predicted octanol–water partition coefficient (Wildman–Crippen LogP) is 5.62. The zero-order valence-electron chi connectivity index (χ0n) is 17.8. The van der Waals surface area contributed by atoms with Crippen LogP contribution >= 0.6 is 0 Å². The van der Waals surface area contributed by atoms with Gasteiger partial charge in [0.1, 0.15) is 0 Å². The zero-order chi connectivity index (χ0) is 19.4. The maximum absolute atomic E-state index is 12.8. The van der Waals surface area contributed by atoms with Crippen LogP contribution < -0.4 is 3.58 Å². The number of rotatable bonds is 13. The van der Waals surface area contributed by atoms with Crippen LogP contribution in [0.15, 0.2) is 18.3 Å². The number of unbranched alkanes of at least 4 members (excludes halogenated alkanes) is 3. The van der Waals surface area contributed by atoms with Crippen molar-refractivity contribution >= 4 is 27.9 Å². The van der Waals surface area contributed by atoms with Crippen molar-refractivity contribution in [2.75, 3.05) is 13.1 Å². The van der Waals surface area contributed by atoms with Crippen molar-refractivity contribution < 1.29 is 4.79 Å². The summed E-state index contributed by atoms with van der Waals surface area (Å²) in [6, 6.07) is 4.45. The predicted molar refractivity (Wildman–Crippen MR) is 116 cm³/mol. The van der Waals surface area contributed by atoms with Crippen LogP contribution in [0.2, 0.25) is 13.3 Å². The van der Waals surface area contributed by atoms with Gasteiger partial charge in [0.15, 0.2) is 0 Å². The van der Waals surface area contributed by atoms with E-state index in [0.717, 1.165) is 13.1 Å². The molecule has 0 atom stereocenters. The first-order chi connectivity index (χ1) is 12.6. The average molecular weight is 467 g/mol. The minimum atomic E-state index is -2.49. The van der Waals surface area contributed by atoms with E-state index in [2.05, 4.69) is 37.9 Å². The SMILES string of the molecule is CCC[CH2][Sn]([CH2]CCC)([CH2]CCC)[c]1ccnc(C(=O)N(CC)CC)c1. The van der Waals surface area contributed by atoms with Gasteiger partial charge in [-0.25, -0.2) is 0 Å². The fourth-order valence-corrected chi connectivity index (χ4v) is 19.8. The van der Waals surface area contributed by atoms with E-state index < -0.39 is 18.4 Å². The molecule has 0 spiro atoms. The Bertz CT molecular complexity index is 507. The van der Waals surface area contributed by atoms with Crippen LogP contribution in [0.3, 0.4) is 0 Å². The quantitative estimate of drug-likeness (QED) is 0.353. The molecule has 1 rings (SSSR count). The van der Waals surface area contributed by atoms with E-state index in [1.807, 2.05) is 24.9 Å². The molecule has 0 radical (unpaired) electrons. The molecule has 0 saturated carbocycles. The van der Waals surface area contributed by atoms with E-state index in [4.69, 9.17) is 0 Å². The molecule has 0 saturated heterocycles. The number of amides is 1. The fraction of sp³-hybridized carbons (Fsp3) is 0.727. The van der Waals surface area contributed by atoms with Gasteiger partial charge >= 0.3 is 166 Å². The molecule has 0 unspecified atom stereocenters. The molecule has 148 valence electrons. The van der Waals surface area contributed by atoms with Crippen LogP contribution in [-0.2, 0) is 0 Å². The Hall–Kier alpha value is -0.581. The second kappa shape index (κ2) is 12.7. The first-order valence-corrected chi connectivity index (χ1v) is 18.3. The van der Waals surface area contributed by atoms with Crippen molar-refractivity contribution in [3.05, 3.63) is 24.0 Å². The van der Waals surface area contributed by atoms with E-state index in [1.54, 1.807) is 3.58 Å². The van der Waals surface area contributed by atoms with E-state index in [1.165, 1.54) is 51.8 Å². The minimum absolute atomic E-state index is 0.0958. The third-order valence-corrected chi connectivity index (χ3v) is 21.3. The molecule has 0 fully saturated rings. The van der Waals surface area contributed by atoms with E-state index in [-0.39, 0.29) is 5.91 Å². The van der Waals surface area contributed by atoms with Crippen molar-refractivity contribution in [1.29, 1.82) is 0 Å². The monoisotopic (exact) mass is 468 g/mol. The van der Waals surface area contributed by atoms with Crippen molar-refractivity contribution in [2.24, 2.45) is 0 Å². The number of aromatic nitrogens is 1. The maximum atomic E-state index is 12.8. The molecule has 4 heteroatoms. The zero-order valence-corrected chi connectivity index (χ0v) is 20.7. The Morgan fingerprint density at radius 3 is 1.85 bits per heavy atom. The van der Waals surface area contributed by atoms with E-state index >= 15 is 0 Å². The molecule has 0 aromatic carbocycles. The summed E-state index contributed by atoms with van der Waals surface area (Å²) in [4.78, 5) is 19.2. The van der Waals surface area contributed by atoms with Gasteiger partial charge in [-0.1, -0.05) is 0 Å². The van der Waals surface area contributed by atoms with Gasteiger partial charge in [0, 0.05) is 0 Å². The van der Waals surface area contributed by atoms with Crippen molar-refractivity contribution in [3.8, 4) is 0 Å². The van der Waals surface area contributed by atoms with E-state index in [0.29, 0.717) is 5.69 Å². The second-order valence-corrected chi connectivity index (χ2v) is 20.7. The first kappa shape index (κ1) is 23.5. The van der Waals surface area contributed by atoms with Crippen LogP contribution in [-0.4, -0.2) is 47.3 Å². The molecule has 0 aliphatic rings. The fourth-order valence-electron chi connectivity index (χ4n) is 3.90. The van der Waals surface area contributed by atoms with Crippen LogP contribution in [0.1, 0.15) is 83.6 Å². The Labute approximate surface area is 165 Å². The first-order valence-electron chi connectivity index (χ1n) is 10.8. The molecule has 0 aliphatic carbocycles. The number of hydrogen-bond donors (Lipinski definition) is 0. The average Bonchev–Trinajstić information content (AvgIpc) is 2.68. The number of carbonyl (C=O) groups excluding carboxylic acids is 1. The molecule has 0 bridgehead atoms. The molecule has 26 heavy (non-hydrogen) atoms. The van der Waals surface area contributed by atoms with Gasteiger partial charge in [0.05, 0.1) is 0 Å². The molecule has 0 N–H and O–H groups in total. The summed E-state index contributed by atoms with van der Waals surface area (Å²) >= 11 is -2.49. The number of carbonyl (C=O) groups is 1. The molecule has 1 aromatic rings. The molecular formula is C22H40N2OSn. The van der Waals surface area contributed by atoms with Crippen LogP contribution in [0.4, 0.5) is 0 Å². The molecular weight excluding hydrogens is 427 g/mol. The van der Waals surface area contributed by atoms with Crippen molar-refractivity contribution in [1.82, 2.24) is 9.88 Å². The Morgan fingerprint density at radius 1 is 0.923 bits per heavy atom. The molecule has 1 amide bonds. The third-order valence-electron chi connectivity index (χ3n) is 5.67. The molecule has 1 aromatic heterocycles. The second-order valence-electron chi connectivity index (χ2n) is 7.50. The standard InChI is InChI=1S/C10H13N2O.3C4H9.Sn/c1-3-12(4-2)10(13)9-7-5-6-8-11-9;3*1-3-4-2;/h6-8H,3-4H2,1-2H3;3*1,3-4H2,2H3;. The van der Waals surface area contributed by atoms with Crippen LogP contribution in [0.25, 0.3) is 0 Å². The third kappa shape index (κ3) is 6.54. The Balaban J connectivity index is 3.25. The van der Waals surface area contributed by atoms with E-state index in [9.17, 15) is 4.79 Å².